The van der Waals surface area contributed by atoms with E-state index in [1.54, 1.807) is 30.4 Å². The molecule has 1 heterocycles. The number of carbonyl (C=O) groups is 2. The Kier molecular flexibility index (Phi) is 6.60. The third kappa shape index (κ3) is 4.61. The minimum absolute atomic E-state index is 0.0509. The van der Waals surface area contributed by atoms with Crippen molar-refractivity contribution in [1.82, 2.24) is 4.90 Å². The van der Waals surface area contributed by atoms with Crippen molar-refractivity contribution in [2.45, 2.75) is 6.42 Å². The number of thioether (sulfide) groups is 1. The van der Waals surface area contributed by atoms with E-state index >= 15 is 0 Å². The number of thiocarbonyl (C=S) groups is 1. The average molecular weight is 379 g/mol. The summed E-state index contributed by atoms with van der Waals surface area (Å²) in [4.78, 5) is 24.9. The highest BCUT2D eigenvalue weighted by Gasteiger charge is 2.32. The van der Waals surface area contributed by atoms with Gasteiger partial charge in [-0.25, -0.2) is 0 Å². The van der Waals surface area contributed by atoms with E-state index in [0.717, 1.165) is 11.8 Å². The molecule has 132 valence electrons. The quantitative estimate of drug-likeness (QED) is 0.423. The molecule has 0 radical (unpaired) electrons. The number of rotatable bonds is 8. The summed E-state index contributed by atoms with van der Waals surface area (Å²) in [6, 6.07) is 5.34. The first-order valence-electron chi connectivity index (χ1n) is 7.35. The van der Waals surface area contributed by atoms with Crippen LogP contribution in [0.1, 0.15) is 12.0 Å². The standard InChI is InChI=1S/C17H17NO5S2/c1-3-9-23-15-11(5-4-6-12(15)22-2)10-13-16(21)18(17(24)25-13)8-7-14(19)20/h3-6,10H,1,7-9H2,2H3,(H,19,20)/b13-10-. The maximum Gasteiger partial charge on any atom is 0.305 e. The van der Waals surface area contributed by atoms with Gasteiger partial charge < -0.3 is 14.6 Å². The van der Waals surface area contributed by atoms with Crippen molar-refractivity contribution in [3.05, 3.63) is 41.3 Å². The van der Waals surface area contributed by atoms with Gasteiger partial charge >= 0.3 is 5.97 Å². The van der Waals surface area contributed by atoms with E-state index in [-0.39, 0.29) is 18.9 Å². The van der Waals surface area contributed by atoms with Crippen LogP contribution in [0.2, 0.25) is 0 Å². The Morgan fingerprint density at radius 3 is 2.88 bits per heavy atom. The van der Waals surface area contributed by atoms with E-state index in [9.17, 15) is 9.59 Å². The molecule has 25 heavy (non-hydrogen) atoms. The van der Waals surface area contributed by atoms with Gasteiger partial charge in [0.25, 0.3) is 5.91 Å². The van der Waals surface area contributed by atoms with Crippen molar-refractivity contribution >= 4 is 46.3 Å². The van der Waals surface area contributed by atoms with Crippen molar-refractivity contribution in [2.75, 3.05) is 20.3 Å². The van der Waals surface area contributed by atoms with E-state index in [1.807, 2.05) is 0 Å². The largest absolute Gasteiger partial charge is 0.493 e. The van der Waals surface area contributed by atoms with Gasteiger partial charge in [-0.1, -0.05) is 48.8 Å². The van der Waals surface area contributed by atoms with Gasteiger partial charge in [0.05, 0.1) is 18.4 Å². The molecule has 6 nitrogen and oxygen atoms in total. The normalized spacial score (nSPS) is 15.6. The number of para-hydroxylation sites is 1. The van der Waals surface area contributed by atoms with Crippen LogP contribution in [0.25, 0.3) is 6.08 Å². The molecule has 8 heteroatoms. The van der Waals surface area contributed by atoms with E-state index in [1.165, 1.54) is 12.0 Å². The highest BCUT2D eigenvalue weighted by atomic mass is 32.2. The predicted octanol–water partition coefficient (Wildman–Crippen LogP) is 2.94. The second-order valence-corrected chi connectivity index (χ2v) is 6.63. The highest BCUT2D eigenvalue weighted by Crippen LogP contribution is 2.37. The van der Waals surface area contributed by atoms with Gasteiger partial charge in [-0.2, -0.15) is 0 Å². The van der Waals surface area contributed by atoms with Gasteiger partial charge in [-0.05, 0) is 12.1 Å². The molecule has 0 spiro atoms. The van der Waals surface area contributed by atoms with Crippen molar-refractivity contribution in [1.29, 1.82) is 0 Å². The second kappa shape index (κ2) is 8.68. The summed E-state index contributed by atoms with van der Waals surface area (Å²) in [6.07, 6.45) is 3.12. The van der Waals surface area contributed by atoms with E-state index < -0.39 is 5.97 Å². The molecular weight excluding hydrogens is 362 g/mol. The molecule has 0 atom stereocenters. The fourth-order valence-corrected chi connectivity index (χ4v) is 3.44. The van der Waals surface area contributed by atoms with Crippen LogP contribution in [0.5, 0.6) is 11.5 Å². The zero-order valence-corrected chi connectivity index (χ0v) is 15.2. The number of ether oxygens (including phenoxy) is 2. The molecule has 0 aliphatic carbocycles. The molecule has 1 amide bonds. The molecule has 1 aromatic carbocycles. The number of hydrogen-bond donors (Lipinski definition) is 1. The molecule has 1 aliphatic rings. The minimum atomic E-state index is -0.981. The minimum Gasteiger partial charge on any atom is -0.493 e. The Balaban J connectivity index is 2.31. The molecule has 1 aromatic rings. The second-order valence-electron chi connectivity index (χ2n) is 4.96. The first kappa shape index (κ1) is 19.0. The number of methoxy groups -OCH3 is 1. The monoisotopic (exact) mass is 379 g/mol. The fourth-order valence-electron chi connectivity index (χ4n) is 2.15. The van der Waals surface area contributed by atoms with Crippen LogP contribution < -0.4 is 9.47 Å². The summed E-state index contributed by atoms with van der Waals surface area (Å²) >= 11 is 6.31. The summed E-state index contributed by atoms with van der Waals surface area (Å²) in [6.45, 7) is 3.96. The summed E-state index contributed by atoms with van der Waals surface area (Å²) in [5, 5.41) is 8.78. The average Bonchev–Trinajstić information content (AvgIpc) is 2.85. The van der Waals surface area contributed by atoms with Crippen LogP contribution in [0.15, 0.2) is 35.8 Å². The van der Waals surface area contributed by atoms with Gasteiger partial charge in [0.2, 0.25) is 0 Å². The molecule has 1 fully saturated rings. The number of amides is 1. The van der Waals surface area contributed by atoms with Crippen molar-refractivity contribution < 1.29 is 24.2 Å². The number of benzene rings is 1. The summed E-state index contributed by atoms with van der Waals surface area (Å²) in [5.74, 6) is -0.252. The third-order valence-electron chi connectivity index (χ3n) is 3.28. The Bertz CT molecular complexity index is 745. The summed E-state index contributed by atoms with van der Waals surface area (Å²) in [7, 11) is 1.53. The summed E-state index contributed by atoms with van der Waals surface area (Å²) < 4.78 is 11.3. The van der Waals surface area contributed by atoms with Crippen molar-refractivity contribution in [2.24, 2.45) is 0 Å². The molecule has 0 saturated carbocycles. The smallest absolute Gasteiger partial charge is 0.305 e. The van der Waals surface area contributed by atoms with Crippen LogP contribution >= 0.6 is 24.0 Å². The molecular formula is C17H17NO5S2. The van der Waals surface area contributed by atoms with Gasteiger partial charge in [0.15, 0.2) is 11.5 Å². The number of carboxylic acids is 1. The lowest BCUT2D eigenvalue weighted by Gasteiger charge is -2.13. The number of carbonyl (C=O) groups excluding carboxylic acids is 1. The number of nitrogens with zero attached hydrogens (tertiary/aromatic N) is 1. The maximum absolute atomic E-state index is 12.5. The fraction of sp³-hybridized carbons (Fsp3) is 0.235. The Morgan fingerprint density at radius 2 is 2.24 bits per heavy atom. The van der Waals surface area contributed by atoms with Gasteiger partial charge in [-0.3, -0.25) is 14.5 Å². The van der Waals surface area contributed by atoms with Crippen LogP contribution in [-0.2, 0) is 9.59 Å². The van der Waals surface area contributed by atoms with Gasteiger partial charge in [0.1, 0.15) is 10.9 Å². The zero-order chi connectivity index (χ0) is 18.4. The Morgan fingerprint density at radius 1 is 1.48 bits per heavy atom. The first-order valence-corrected chi connectivity index (χ1v) is 8.58. The van der Waals surface area contributed by atoms with E-state index in [2.05, 4.69) is 6.58 Å². The number of hydrogen-bond acceptors (Lipinski definition) is 6. The topological polar surface area (TPSA) is 76.1 Å². The summed E-state index contributed by atoms with van der Waals surface area (Å²) in [5.41, 5.74) is 0.667. The molecule has 0 unspecified atom stereocenters. The van der Waals surface area contributed by atoms with Crippen LogP contribution in [-0.4, -0.2) is 46.5 Å². The van der Waals surface area contributed by atoms with Crippen LogP contribution in [0.4, 0.5) is 0 Å². The van der Waals surface area contributed by atoms with Crippen LogP contribution in [0.3, 0.4) is 0 Å². The van der Waals surface area contributed by atoms with E-state index in [4.69, 9.17) is 26.8 Å². The number of carboxylic acid groups (broad SMARTS) is 1. The van der Waals surface area contributed by atoms with Crippen molar-refractivity contribution in [3.63, 3.8) is 0 Å². The van der Waals surface area contributed by atoms with E-state index in [0.29, 0.717) is 32.9 Å². The predicted molar refractivity (Wildman–Crippen MR) is 101 cm³/mol. The first-order chi connectivity index (χ1) is 12.0. The molecule has 1 aliphatic heterocycles. The molecule has 0 aromatic heterocycles. The molecule has 1 saturated heterocycles. The lowest BCUT2D eigenvalue weighted by molar-refractivity contribution is -0.137. The molecule has 0 bridgehead atoms. The highest BCUT2D eigenvalue weighted by molar-refractivity contribution is 8.26. The third-order valence-corrected chi connectivity index (χ3v) is 4.66. The zero-order valence-electron chi connectivity index (χ0n) is 13.6. The number of aliphatic carboxylic acids is 1. The Hall–Kier alpha value is -2.32. The Labute approximate surface area is 155 Å². The van der Waals surface area contributed by atoms with Gasteiger partial charge in [0, 0.05) is 12.1 Å². The van der Waals surface area contributed by atoms with Crippen LogP contribution in [0, 0.1) is 0 Å². The lowest BCUT2D eigenvalue weighted by Crippen LogP contribution is -2.30. The van der Waals surface area contributed by atoms with Crippen molar-refractivity contribution in [3.8, 4) is 11.5 Å². The SMILES string of the molecule is C=CCOc1c(/C=C2\SC(=S)N(CCC(=O)O)C2=O)cccc1OC. The van der Waals surface area contributed by atoms with Gasteiger partial charge in [-0.15, -0.1) is 0 Å². The molecule has 1 N–H and O–H groups in total. The maximum atomic E-state index is 12.5. The lowest BCUT2D eigenvalue weighted by atomic mass is 10.1. The molecule has 2 rings (SSSR count).